The third kappa shape index (κ3) is 3.86. The van der Waals surface area contributed by atoms with E-state index < -0.39 is 0 Å². The topological polar surface area (TPSA) is 40.9 Å². The molecule has 0 amide bonds. The molecule has 1 atom stereocenters. The van der Waals surface area contributed by atoms with E-state index in [9.17, 15) is 4.79 Å². The van der Waals surface area contributed by atoms with E-state index in [0.717, 1.165) is 6.42 Å². The summed E-state index contributed by atoms with van der Waals surface area (Å²) in [7, 11) is 0. The van der Waals surface area contributed by atoms with Crippen LogP contribution in [0.25, 0.3) is 0 Å². The molecule has 0 aromatic heterocycles. The lowest BCUT2D eigenvalue weighted by Gasteiger charge is -2.10. The molecule has 0 N–H and O–H groups in total. The van der Waals surface area contributed by atoms with E-state index in [1.165, 1.54) is 0 Å². The zero-order valence-electron chi connectivity index (χ0n) is 9.81. The fourth-order valence-electron chi connectivity index (χ4n) is 1.72. The molecule has 1 aromatic carbocycles. The van der Waals surface area contributed by atoms with Crippen LogP contribution in [0.3, 0.4) is 0 Å². The van der Waals surface area contributed by atoms with Crippen LogP contribution in [0.4, 0.5) is 0 Å². The Morgan fingerprint density at radius 1 is 1.31 bits per heavy atom. The van der Waals surface area contributed by atoms with Gasteiger partial charge in [-0.2, -0.15) is 5.26 Å². The largest absolute Gasteiger partial charge is 0.294 e. The number of hydrogen-bond acceptors (Lipinski definition) is 2. The Kier molecular flexibility index (Phi) is 4.72. The summed E-state index contributed by atoms with van der Waals surface area (Å²) < 4.78 is 0. The normalized spacial score (nSPS) is 12.1. The van der Waals surface area contributed by atoms with Gasteiger partial charge in [0, 0.05) is 12.0 Å². The lowest BCUT2D eigenvalue weighted by atomic mass is 9.92. The number of Topliss-reactive ketones (excluding diaryl/α,β-unsaturated/α-hetero) is 1. The van der Waals surface area contributed by atoms with Crippen molar-refractivity contribution in [3.8, 4) is 6.07 Å². The number of rotatable bonds is 5. The van der Waals surface area contributed by atoms with E-state index in [-0.39, 0.29) is 11.7 Å². The van der Waals surface area contributed by atoms with Gasteiger partial charge in [0.05, 0.1) is 12.0 Å². The maximum Gasteiger partial charge on any atom is 0.164 e. The summed E-state index contributed by atoms with van der Waals surface area (Å²) in [6.45, 7) is 4.13. The summed E-state index contributed by atoms with van der Waals surface area (Å²) in [6, 6.07) is 11.4. The van der Waals surface area contributed by atoms with Crippen LogP contribution in [-0.2, 0) is 0 Å². The summed E-state index contributed by atoms with van der Waals surface area (Å²) >= 11 is 0. The van der Waals surface area contributed by atoms with Gasteiger partial charge < -0.3 is 0 Å². The van der Waals surface area contributed by atoms with Gasteiger partial charge in [-0.15, -0.1) is 0 Å². The first-order valence-corrected chi connectivity index (χ1v) is 5.61. The molecule has 2 nitrogen and oxygen atoms in total. The molecule has 2 heteroatoms. The maximum atomic E-state index is 11.8. The summed E-state index contributed by atoms with van der Waals surface area (Å²) in [5.41, 5.74) is 0.700. The minimum absolute atomic E-state index is 0.0628. The van der Waals surface area contributed by atoms with Crippen molar-refractivity contribution in [1.29, 1.82) is 5.26 Å². The van der Waals surface area contributed by atoms with Crippen molar-refractivity contribution in [1.82, 2.24) is 0 Å². The Morgan fingerprint density at radius 2 is 1.94 bits per heavy atom. The number of carbonyl (C=O) groups excluding carboxylic acids is 1. The summed E-state index contributed by atoms with van der Waals surface area (Å²) in [5.74, 6) is 0.355. The molecule has 0 radical (unpaired) electrons. The Bertz CT molecular complexity index is 375. The molecule has 0 spiro atoms. The van der Waals surface area contributed by atoms with Gasteiger partial charge in [0.25, 0.3) is 0 Å². The van der Waals surface area contributed by atoms with E-state index in [4.69, 9.17) is 5.26 Å². The standard InChI is InChI=1S/C14H17NO/c1-11(2)8-12(10-15)9-14(16)13-6-4-3-5-7-13/h3-7,11-12H,8-9H2,1-2H3. The van der Waals surface area contributed by atoms with Crippen molar-refractivity contribution in [2.24, 2.45) is 11.8 Å². The summed E-state index contributed by atoms with van der Waals surface area (Å²) in [4.78, 5) is 11.8. The molecule has 0 fully saturated rings. The predicted octanol–water partition coefficient (Wildman–Crippen LogP) is 3.45. The van der Waals surface area contributed by atoms with Crippen molar-refractivity contribution in [3.05, 3.63) is 35.9 Å². The Balaban J connectivity index is 2.60. The predicted molar refractivity (Wildman–Crippen MR) is 63.9 cm³/mol. The third-order valence-corrected chi connectivity index (χ3v) is 2.47. The van der Waals surface area contributed by atoms with E-state index in [0.29, 0.717) is 17.9 Å². The molecule has 1 unspecified atom stereocenters. The molecule has 0 saturated heterocycles. The maximum absolute atomic E-state index is 11.8. The van der Waals surface area contributed by atoms with Gasteiger partial charge in [0.1, 0.15) is 0 Å². The zero-order valence-corrected chi connectivity index (χ0v) is 9.81. The van der Waals surface area contributed by atoms with Crippen molar-refractivity contribution < 1.29 is 4.79 Å². The lowest BCUT2D eigenvalue weighted by Crippen LogP contribution is -2.09. The van der Waals surface area contributed by atoms with Gasteiger partial charge in [0.2, 0.25) is 0 Å². The number of carbonyl (C=O) groups is 1. The van der Waals surface area contributed by atoms with Crippen LogP contribution in [-0.4, -0.2) is 5.78 Å². The van der Waals surface area contributed by atoms with Gasteiger partial charge in [0.15, 0.2) is 5.78 Å². The number of nitrogens with zero attached hydrogens (tertiary/aromatic N) is 1. The smallest absolute Gasteiger partial charge is 0.164 e. The molecular formula is C14H17NO. The van der Waals surface area contributed by atoms with Crippen LogP contribution in [0.1, 0.15) is 37.0 Å². The Hall–Kier alpha value is -1.62. The molecule has 0 aliphatic rings. The first-order valence-electron chi connectivity index (χ1n) is 5.61. The molecule has 0 heterocycles. The van der Waals surface area contributed by atoms with Crippen LogP contribution < -0.4 is 0 Å². The minimum Gasteiger partial charge on any atom is -0.294 e. The molecule has 1 aromatic rings. The highest BCUT2D eigenvalue weighted by Crippen LogP contribution is 2.17. The molecule has 0 saturated carbocycles. The second kappa shape index (κ2) is 6.07. The Morgan fingerprint density at radius 3 is 2.44 bits per heavy atom. The quantitative estimate of drug-likeness (QED) is 0.706. The average molecular weight is 215 g/mol. The monoisotopic (exact) mass is 215 g/mol. The molecular weight excluding hydrogens is 198 g/mol. The fourth-order valence-corrected chi connectivity index (χ4v) is 1.72. The fraction of sp³-hybridized carbons (Fsp3) is 0.429. The minimum atomic E-state index is -0.160. The average Bonchev–Trinajstić information content (AvgIpc) is 2.28. The number of benzene rings is 1. The van der Waals surface area contributed by atoms with E-state index >= 15 is 0 Å². The van der Waals surface area contributed by atoms with Gasteiger partial charge in [-0.05, 0) is 12.3 Å². The number of ketones is 1. The van der Waals surface area contributed by atoms with Gasteiger partial charge >= 0.3 is 0 Å². The van der Waals surface area contributed by atoms with Crippen molar-refractivity contribution in [2.45, 2.75) is 26.7 Å². The van der Waals surface area contributed by atoms with Gasteiger partial charge in [-0.1, -0.05) is 44.2 Å². The second-order valence-electron chi connectivity index (χ2n) is 4.45. The van der Waals surface area contributed by atoms with Crippen LogP contribution in [0.2, 0.25) is 0 Å². The highest BCUT2D eigenvalue weighted by Gasteiger charge is 2.15. The highest BCUT2D eigenvalue weighted by atomic mass is 16.1. The third-order valence-electron chi connectivity index (χ3n) is 2.47. The van der Waals surface area contributed by atoms with Gasteiger partial charge in [-0.25, -0.2) is 0 Å². The SMILES string of the molecule is CC(C)CC(C#N)CC(=O)c1ccccc1. The summed E-state index contributed by atoms with van der Waals surface area (Å²) in [5, 5.41) is 8.97. The van der Waals surface area contributed by atoms with E-state index in [2.05, 4.69) is 19.9 Å². The van der Waals surface area contributed by atoms with E-state index in [1.807, 2.05) is 18.2 Å². The van der Waals surface area contributed by atoms with E-state index in [1.54, 1.807) is 12.1 Å². The van der Waals surface area contributed by atoms with Gasteiger partial charge in [-0.3, -0.25) is 4.79 Å². The molecule has 16 heavy (non-hydrogen) atoms. The number of hydrogen-bond donors (Lipinski definition) is 0. The van der Waals surface area contributed by atoms with Crippen LogP contribution in [0, 0.1) is 23.2 Å². The second-order valence-corrected chi connectivity index (χ2v) is 4.45. The Labute approximate surface area is 96.9 Å². The van der Waals surface area contributed by atoms with Crippen LogP contribution >= 0.6 is 0 Å². The van der Waals surface area contributed by atoms with Crippen LogP contribution in [0.5, 0.6) is 0 Å². The zero-order chi connectivity index (χ0) is 12.0. The number of nitriles is 1. The molecule has 84 valence electrons. The highest BCUT2D eigenvalue weighted by molar-refractivity contribution is 5.96. The first kappa shape index (κ1) is 12.4. The first-order chi connectivity index (χ1) is 7.63. The lowest BCUT2D eigenvalue weighted by molar-refractivity contribution is 0.0967. The molecule has 0 aliphatic heterocycles. The molecule has 0 aliphatic carbocycles. The van der Waals surface area contributed by atoms with Crippen molar-refractivity contribution >= 4 is 5.78 Å². The van der Waals surface area contributed by atoms with Crippen molar-refractivity contribution in [3.63, 3.8) is 0 Å². The molecule has 0 bridgehead atoms. The van der Waals surface area contributed by atoms with Crippen molar-refractivity contribution in [2.75, 3.05) is 0 Å². The summed E-state index contributed by atoms with van der Waals surface area (Å²) in [6.07, 6.45) is 1.12. The van der Waals surface area contributed by atoms with Crippen LogP contribution in [0.15, 0.2) is 30.3 Å². The molecule has 1 rings (SSSR count).